The highest BCUT2D eigenvalue weighted by Gasteiger charge is 2.24. The monoisotopic (exact) mass is 591 g/mol. The second kappa shape index (κ2) is 12.7. The minimum atomic E-state index is -0.356. The van der Waals surface area contributed by atoms with Crippen molar-refractivity contribution in [1.29, 1.82) is 0 Å². The number of hydrogen-bond donors (Lipinski definition) is 2. The van der Waals surface area contributed by atoms with Gasteiger partial charge in [0.1, 0.15) is 0 Å². The molecule has 0 saturated carbocycles. The van der Waals surface area contributed by atoms with Crippen molar-refractivity contribution < 1.29 is 9.59 Å². The Hall–Kier alpha value is -2.36. The van der Waals surface area contributed by atoms with Crippen LogP contribution in [0.15, 0.2) is 52.1 Å². The lowest BCUT2D eigenvalue weighted by atomic mass is 10.0. The Labute approximate surface area is 229 Å². The maximum atomic E-state index is 12.9. The van der Waals surface area contributed by atoms with E-state index in [4.69, 9.17) is 11.6 Å². The van der Waals surface area contributed by atoms with E-state index in [0.29, 0.717) is 33.9 Å². The van der Waals surface area contributed by atoms with Crippen LogP contribution in [-0.4, -0.2) is 32.3 Å². The smallest absolute Gasteiger partial charge is 0.253 e. The van der Waals surface area contributed by atoms with Crippen LogP contribution in [0, 0.1) is 5.92 Å². The number of rotatable bonds is 10. The average Bonchev–Trinajstić information content (AvgIpc) is 3.18. The van der Waals surface area contributed by atoms with Gasteiger partial charge in [-0.1, -0.05) is 79.1 Å². The molecule has 0 saturated heterocycles. The third-order valence-corrected chi connectivity index (χ3v) is 7.40. The van der Waals surface area contributed by atoms with Crippen molar-refractivity contribution in [3.8, 4) is 0 Å². The summed E-state index contributed by atoms with van der Waals surface area (Å²) in [4.78, 5) is 25.6. The van der Waals surface area contributed by atoms with Crippen molar-refractivity contribution in [2.45, 2.75) is 51.2 Å². The van der Waals surface area contributed by atoms with Gasteiger partial charge in [0.2, 0.25) is 5.91 Å². The Bertz CT molecular complexity index is 1230. The number of halogens is 2. The van der Waals surface area contributed by atoms with Gasteiger partial charge in [0.05, 0.1) is 22.4 Å². The van der Waals surface area contributed by atoms with Gasteiger partial charge in [-0.3, -0.25) is 9.59 Å². The van der Waals surface area contributed by atoms with E-state index < -0.39 is 0 Å². The van der Waals surface area contributed by atoms with E-state index in [1.165, 1.54) is 11.8 Å². The van der Waals surface area contributed by atoms with Gasteiger partial charge in [0, 0.05) is 17.2 Å². The van der Waals surface area contributed by atoms with Crippen LogP contribution in [0.5, 0.6) is 0 Å². The molecule has 3 rings (SSSR count). The van der Waals surface area contributed by atoms with Crippen LogP contribution in [0.25, 0.3) is 0 Å². The number of benzene rings is 2. The summed E-state index contributed by atoms with van der Waals surface area (Å²) in [5.41, 5.74) is 2.28. The summed E-state index contributed by atoms with van der Waals surface area (Å²) in [6, 6.07) is 12.4. The minimum absolute atomic E-state index is 0.125. The number of anilines is 1. The summed E-state index contributed by atoms with van der Waals surface area (Å²) in [6.45, 7) is 8.34. The van der Waals surface area contributed by atoms with Gasteiger partial charge in [-0.15, -0.1) is 10.2 Å². The summed E-state index contributed by atoms with van der Waals surface area (Å²) in [6.07, 6.45) is 0.675. The highest BCUT2D eigenvalue weighted by atomic mass is 79.9. The summed E-state index contributed by atoms with van der Waals surface area (Å²) in [7, 11) is 1.84. The lowest BCUT2D eigenvalue weighted by Gasteiger charge is -2.20. The Morgan fingerprint density at radius 3 is 2.50 bits per heavy atom. The van der Waals surface area contributed by atoms with Gasteiger partial charge in [-0.25, -0.2) is 0 Å². The first-order chi connectivity index (χ1) is 17.1. The number of carbonyl (C=O) groups excluding carboxylic acids is 2. The number of nitrogens with zero attached hydrogens (tertiary/aromatic N) is 3. The summed E-state index contributed by atoms with van der Waals surface area (Å²) >= 11 is 11.0. The highest BCUT2D eigenvalue weighted by Crippen LogP contribution is 2.29. The lowest BCUT2D eigenvalue weighted by molar-refractivity contribution is -0.113. The maximum Gasteiger partial charge on any atom is 0.253 e. The fourth-order valence-corrected chi connectivity index (χ4v) is 5.10. The summed E-state index contributed by atoms with van der Waals surface area (Å²) < 4.78 is 2.81. The zero-order valence-electron chi connectivity index (χ0n) is 21.0. The molecule has 1 heterocycles. The number of nitrogens with one attached hydrogen (secondary N) is 2. The normalized spacial score (nSPS) is 12.1. The SMILES string of the molecule is CC(C)C[C@H](NC(=O)c1ccccc1Cl)c1nnc(SCC(=O)Nc2ccc(Br)cc2C(C)C)n1C. The van der Waals surface area contributed by atoms with Crippen LogP contribution in [0.2, 0.25) is 5.02 Å². The topological polar surface area (TPSA) is 88.9 Å². The molecule has 192 valence electrons. The number of thioether (sulfide) groups is 1. The van der Waals surface area contributed by atoms with E-state index in [2.05, 4.69) is 64.5 Å². The number of hydrogen-bond acceptors (Lipinski definition) is 5. The third-order valence-electron chi connectivity index (χ3n) is 5.55. The Morgan fingerprint density at radius 1 is 1.11 bits per heavy atom. The van der Waals surface area contributed by atoms with Crippen LogP contribution in [0.4, 0.5) is 5.69 Å². The summed E-state index contributed by atoms with van der Waals surface area (Å²) in [5.74, 6) is 0.993. The van der Waals surface area contributed by atoms with Crippen LogP contribution < -0.4 is 10.6 Å². The Balaban J connectivity index is 1.70. The molecule has 2 aromatic carbocycles. The van der Waals surface area contributed by atoms with Gasteiger partial charge in [0.25, 0.3) is 5.91 Å². The number of amides is 2. The Morgan fingerprint density at radius 2 is 1.83 bits per heavy atom. The van der Waals surface area contributed by atoms with Gasteiger partial charge in [-0.2, -0.15) is 0 Å². The van der Waals surface area contributed by atoms with Gasteiger partial charge in [-0.05, 0) is 54.2 Å². The lowest BCUT2D eigenvalue weighted by Crippen LogP contribution is -2.31. The molecule has 36 heavy (non-hydrogen) atoms. The predicted octanol–water partition coefficient (Wildman–Crippen LogP) is 6.60. The summed E-state index contributed by atoms with van der Waals surface area (Å²) in [5, 5.41) is 15.7. The van der Waals surface area contributed by atoms with Gasteiger partial charge >= 0.3 is 0 Å². The molecule has 0 aliphatic rings. The van der Waals surface area contributed by atoms with Crippen molar-refractivity contribution in [2.75, 3.05) is 11.1 Å². The molecule has 1 aromatic heterocycles. The zero-order chi connectivity index (χ0) is 26.4. The first-order valence-electron chi connectivity index (χ1n) is 11.7. The maximum absolute atomic E-state index is 12.9. The van der Waals surface area contributed by atoms with Crippen LogP contribution in [0.1, 0.15) is 67.8 Å². The van der Waals surface area contributed by atoms with Crippen molar-refractivity contribution >= 4 is 56.8 Å². The third kappa shape index (κ3) is 7.33. The van der Waals surface area contributed by atoms with E-state index in [0.717, 1.165) is 15.7 Å². The molecule has 0 aliphatic carbocycles. The molecule has 0 spiro atoms. The second-order valence-corrected chi connectivity index (χ2v) is 11.5. The van der Waals surface area contributed by atoms with Crippen LogP contribution in [0.3, 0.4) is 0 Å². The Kier molecular flexibility index (Phi) is 9.99. The first kappa shape index (κ1) is 28.2. The van der Waals surface area contributed by atoms with Crippen molar-refractivity contribution in [2.24, 2.45) is 13.0 Å². The molecule has 0 aliphatic heterocycles. The molecule has 7 nitrogen and oxygen atoms in total. The molecule has 10 heteroatoms. The number of carbonyl (C=O) groups is 2. The van der Waals surface area contributed by atoms with E-state index in [1.54, 1.807) is 24.3 Å². The van der Waals surface area contributed by atoms with Crippen molar-refractivity contribution in [1.82, 2.24) is 20.1 Å². The first-order valence-corrected chi connectivity index (χ1v) is 13.9. The molecule has 1 atom stereocenters. The minimum Gasteiger partial charge on any atom is -0.342 e. The molecule has 0 bridgehead atoms. The standard InChI is InChI=1S/C26H31BrClN5O2S/c1-15(2)12-22(30-25(35)18-8-6-7-9-20(18)28)24-31-32-26(33(24)5)36-14-23(34)29-21-11-10-17(27)13-19(21)16(3)4/h6-11,13,15-16,22H,12,14H2,1-5H3,(H,29,34)(H,30,35)/t22-/m0/s1. The van der Waals surface area contributed by atoms with E-state index >= 15 is 0 Å². The van der Waals surface area contributed by atoms with Crippen LogP contribution >= 0.6 is 39.3 Å². The molecular weight excluding hydrogens is 562 g/mol. The van der Waals surface area contributed by atoms with Crippen molar-refractivity contribution in [3.05, 3.63) is 68.9 Å². The molecule has 0 fully saturated rings. The zero-order valence-corrected chi connectivity index (χ0v) is 24.2. The van der Waals surface area contributed by atoms with Gasteiger partial charge < -0.3 is 15.2 Å². The molecule has 2 N–H and O–H groups in total. The molecule has 2 amide bonds. The fraction of sp³-hybridized carbons (Fsp3) is 0.385. The molecule has 0 radical (unpaired) electrons. The van der Waals surface area contributed by atoms with Crippen LogP contribution in [-0.2, 0) is 11.8 Å². The van der Waals surface area contributed by atoms with Crippen molar-refractivity contribution in [3.63, 3.8) is 0 Å². The van der Waals surface area contributed by atoms with E-state index in [1.807, 2.05) is 29.8 Å². The largest absolute Gasteiger partial charge is 0.342 e. The molecular formula is C26H31BrClN5O2S. The average molecular weight is 593 g/mol. The fourth-order valence-electron chi connectivity index (χ4n) is 3.78. The number of aromatic nitrogens is 3. The highest BCUT2D eigenvalue weighted by molar-refractivity contribution is 9.10. The second-order valence-electron chi connectivity index (χ2n) is 9.26. The van der Waals surface area contributed by atoms with E-state index in [9.17, 15) is 9.59 Å². The quantitative estimate of drug-likeness (QED) is 0.259. The van der Waals surface area contributed by atoms with Gasteiger partial charge in [0.15, 0.2) is 11.0 Å². The predicted molar refractivity (Wildman–Crippen MR) is 150 cm³/mol. The molecule has 0 unspecified atom stereocenters. The molecule has 3 aromatic rings. The van der Waals surface area contributed by atoms with E-state index in [-0.39, 0.29) is 29.5 Å².